The van der Waals surface area contributed by atoms with Crippen LogP contribution in [0.1, 0.15) is 0 Å². The van der Waals surface area contributed by atoms with Gasteiger partial charge in [0.05, 0.1) is 11.0 Å². The highest BCUT2D eigenvalue weighted by Crippen LogP contribution is 2.43. The second-order valence-electron chi connectivity index (χ2n) is 16.4. The fraction of sp³-hybridized carbons (Fsp3) is 0. The number of para-hydroxylation sites is 1. The number of thiophene rings is 1. The van der Waals surface area contributed by atoms with Crippen LogP contribution in [0.25, 0.3) is 136 Å². The molecule has 0 N–H and O–H groups in total. The summed E-state index contributed by atoms with van der Waals surface area (Å²) in [7, 11) is 0. The molecule has 14 rings (SSSR count). The van der Waals surface area contributed by atoms with Crippen molar-refractivity contribution in [3.05, 3.63) is 194 Å². The van der Waals surface area contributed by atoms with E-state index >= 15 is 0 Å². The molecule has 4 heterocycles. The summed E-state index contributed by atoms with van der Waals surface area (Å²) in [5, 5.41) is 14.0. The Hall–Kier alpha value is -8.19. The highest BCUT2D eigenvalue weighted by atomic mass is 32.1. The van der Waals surface area contributed by atoms with E-state index in [1.54, 1.807) is 11.3 Å². The van der Waals surface area contributed by atoms with Crippen LogP contribution < -0.4 is 0 Å². The minimum Gasteiger partial charge on any atom is -0.456 e. The average Bonchev–Trinajstić information content (AvgIpc) is 4.01. The summed E-state index contributed by atoms with van der Waals surface area (Å²) in [4.78, 5) is 15.7. The number of aromatic nitrogens is 4. The maximum atomic E-state index is 6.72. The number of benzene rings is 10. The van der Waals surface area contributed by atoms with Crippen LogP contribution in [-0.2, 0) is 0 Å². The summed E-state index contributed by atoms with van der Waals surface area (Å²) in [6.07, 6.45) is 0. The summed E-state index contributed by atoms with van der Waals surface area (Å²) >= 11 is 1.81. The van der Waals surface area contributed by atoms with Crippen LogP contribution in [0.5, 0.6) is 0 Å². The quantitative estimate of drug-likeness (QED) is 0.177. The molecular weight excluding hydrogens is 789 g/mol. The second kappa shape index (κ2) is 13.2. The van der Waals surface area contributed by atoms with Crippen LogP contribution in [0.3, 0.4) is 0 Å². The molecule has 0 saturated carbocycles. The highest BCUT2D eigenvalue weighted by molar-refractivity contribution is 7.25. The minimum absolute atomic E-state index is 0.587. The number of fused-ring (bicyclic) bond motifs is 13. The lowest BCUT2D eigenvalue weighted by Gasteiger charge is -2.14. The summed E-state index contributed by atoms with van der Waals surface area (Å²) in [5.41, 5.74) is 7.75. The van der Waals surface area contributed by atoms with Crippen LogP contribution in [0.4, 0.5) is 0 Å². The zero-order chi connectivity index (χ0) is 41.2. The standard InChI is InChI=1S/C57H32N4OS/c1-2-12-33(13-3-1)55-58-56(38-22-25-53-45(28-38)41-18-9-11-21-52(41)63-53)60-57(59-55)47-32-51-54(42-19-8-10-20-50(42)62-51)46-31-39(23-24-40(46)47)61-48-29-36-16-6-4-14-34(36)26-43(48)44-27-35-15-5-7-17-37(35)30-49(44)61/h1-32H. The molecular formula is C57H32N4OS. The maximum absolute atomic E-state index is 6.72. The van der Waals surface area contributed by atoms with E-state index in [9.17, 15) is 0 Å². The zero-order valence-corrected chi connectivity index (χ0v) is 34.4. The molecule has 0 aliphatic heterocycles. The van der Waals surface area contributed by atoms with Crippen LogP contribution in [0.15, 0.2) is 199 Å². The lowest BCUT2D eigenvalue weighted by atomic mass is 9.97. The van der Waals surface area contributed by atoms with Crippen molar-refractivity contribution in [3.63, 3.8) is 0 Å². The fourth-order valence-corrected chi connectivity index (χ4v) is 10.9. The van der Waals surface area contributed by atoms with Crippen molar-refractivity contribution in [2.24, 2.45) is 0 Å². The lowest BCUT2D eigenvalue weighted by Crippen LogP contribution is -2.01. The molecule has 0 bridgehead atoms. The molecule has 0 aliphatic carbocycles. The van der Waals surface area contributed by atoms with E-state index in [4.69, 9.17) is 19.4 Å². The Kier molecular flexibility index (Phi) is 7.21. The van der Waals surface area contributed by atoms with Crippen molar-refractivity contribution >= 4 is 108 Å². The van der Waals surface area contributed by atoms with Crippen molar-refractivity contribution < 1.29 is 4.42 Å². The van der Waals surface area contributed by atoms with Gasteiger partial charge in [-0.05, 0) is 105 Å². The molecule has 0 spiro atoms. The van der Waals surface area contributed by atoms with E-state index < -0.39 is 0 Å². The molecule has 0 saturated heterocycles. The fourth-order valence-electron chi connectivity index (χ4n) is 9.82. The Balaban J connectivity index is 1.06. The van der Waals surface area contributed by atoms with Gasteiger partial charge in [-0.1, -0.05) is 121 Å². The van der Waals surface area contributed by atoms with Gasteiger partial charge in [0.1, 0.15) is 11.2 Å². The van der Waals surface area contributed by atoms with Gasteiger partial charge in [-0.3, -0.25) is 0 Å². The molecule has 63 heavy (non-hydrogen) atoms. The topological polar surface area (TPSA) is 56.7 Å². The molecule has 0 atom stereocenters. The van der Waals surface area contributed by atoms with Gasteiger partial charge >= 0.3 is 0 Å². The number of rotatable bonds is 4. The van der Waals surface area contributed by atoms with Crippen molar-refractivity contribution in [2.45, 2.75) is 0 Å². The van der Waals surface area contributed by atoms with Gasteiger partial charge in [-0.15, -0.1) is 11.3 Å². The Morgan fingerprint density at radius 2 is 0.968 bits per heavy atom. The summed E-state index contributed by atoms with van der Waals surface area (Å²) in [6.45, 7) is 0. The first-order valence-electron chi connectivity index (χ1n) is 21.2. The predicted octanol–water partition coefficient (Wildman–Crippen LogP) is 15.7. The highest BCUT2D eigenvalue weighted by Gasteiger charge is 2.22. The van der Waals surface area contributed by atoms with E-state index in [-0.39, 0.29) is 0 Å². The SMILES string of the molecule is c1ccc(-c2nc(-c3ccc4sc5ccccc5c4c3)nc(-c3cc4oc5ccccc5c4c4cc(-n5c6cc7ccccc7cc6c6cc7ccccc7cc65)ccc34)n2)cc1. The van der Waals surface area contributed by atoms with Crippen molar-refractivity contribution in [1.29, 1.82) is 0 Å². The number of nitrogens with zero attached hydrogens (tertiary/aromatic N) is 4. The zero-order valence-electron chi connectivity index (χ0n) is 33.6. The first-order valence-corrected chi connectivity index (χ1v) is 22.0. The Labute approximate surface area is 363 Å². The molecule has 5 nitrogen and oxygen atoms in total. The van der Waals surface area contributed by atoms with Gasteiger partial charge in [0.15, 0.2) is 17.5 Å². The average molecular weight is 821 g/mol. The van der Waals surface area contributed by atoms with Gasteiger partial charge in [0.2, 0.25) is 0 Å². The smallest absolute Gasteiger partial charge is 0.164 e. The third-order valence-electron chi connectivity index (χ3n) is 12.8. The largest absolute Gasteiger partial charge is 0.456 e. The van der Waals surface area contributed by atoms with E-state index in [0.29, 0.717) is 17.5 Å². The number of furan rings is 1. The first kappa shape index (κ1) is 34.5. The van der Waals surface area contributed by atoms with Gasteiger partial charge in [-0.2, -0.15) is 0 Å². The molecule has 14 aromatic rings. The second-order valence-corrected chi connectivity index (χ2v) is 17.5. The number of hydrogen-bond acceptors (Lipinski definition) is 5. The number of hydrogen-bond donors (Lipinski definition) is 0. The van der Waals surface area contributed by atoms with Gasteiger partial charge in [-0.25, -0.2) is 15.0 Å². The third kappa shape index (κ3) is 5.25. The molecule has 10 aromatic carbocycles. The molecule has 0 aliphatic rings. The Bertz CT molecular complexity index is 4130. The summed E-state index contributed by atoms with van der Waals surface area (Å²) in [6, 6.07) is 69.3. The van der Waals surface area contributed by atoms with E-state index in [0.717, 1.165) is 66.1 Å². The molecule has 0 amide bonds. The van der Waals surface area contributed by atoms with E-state index in [1.165, 1.54) is 52.5 Å². The molecule has 4 aromatic heterocycles. The minimum atomic E-state index is 0.587. The van der Waals surface area contributed by atoms with E-state index in [1.807, 2.05) is 30.3 Å². The van der Waals surface area contributed by atoms with Gasteiger partial charge < -0.3 is 8.98 Å². The molecule has 0 fully saturated rings. The third-order valence-corrected chi connectivity index (χ3v) is 13.9. The van der Waals surface area contributed by atoms with Crippen LogP contribution in [0, 0.1) is 0 Å². The van der Waals surface area contributed by atoms with Gasteiger partial charge in [0, 0.05) is 64.1 Å². The van der Waals surface area contributed by atoms with Crippen LogP contribution >= 0.6 is 11.3 Å². The lowest BCUT2D eigenvalue weighted by molar-refractivity contribution is 0.669. The molecule has 6 heteroatoms. The maximum Gasteiger partial charge on any atom is 0.164 e. The summed E-state index contributed by atoms with van der Waals surface area (Å²) in [5.74, 6) is 1.82. The molecule has 0 radical (unpaired) electrons. The van der Waals surface area contributed by atoms with Crippen LogP contribution in [-0.4, -0.2) is 19.5 Å². The van der Waals surface area contributed by atoms with Crippen molar-refractivity contribution in [3.8, 4) is 39.9 Å². The Morgan fingerprint density at radius 3 is 1.71 bits per heavy atom. The Morgan fingerprint density at radius 1 is 0.365 bits per heavy atom. The normalized spacial score (nSPS) is 12.1. The predicted molar refractivity (Wildman–Crippen MR) is 263 cm³/mol. The monoisotopic (exact) mass is 820 g/mol. The first-order chi connectivity index (χ1) is 31.2. The summed E-state index contributed by atoms with van der Waals surface area (Å²) < 4.78 is 11.7. The van der Waals surface area contributed by atoms with Crippen LogP contribution in [0.2, 0.25) is 0 Å². The van der Waals surface area contributed by atoms with Crippen molar-refractivity contribution in [1.82, 2.24) is 19.5 Å². The molecule has 0 unspecified atom stereocenters. The molecule has 292 valence electrons. The van der Waals surface area contributed by atoms with E-state index in [2.05, 4.69) is 168 Å². The van der Waals surface area contributed by atoms with Gasteiger partial charge in [0.25, 0.3) is 0 Å². The van der Waals surface area contributed by atoms with Crippen molar-refractivity contribution in [2.75, 3.05) is 0 Å².